The number of pyridine rings is 1. The second-order valence-electron chi connectivity index (χ2n) is 5.96. The molecule has 122 valence electrons. The van der Waals surface area contributed by atoms with Crippen molar-refractivity contribution in [3.05, 3.63) is 70.6 Å². The van der Waals surface area contributed by atoms with E-state index < -0.39 is 0 Å². The number of hydrogen-bond acceptors (Lipinski definition) is 3. The zero-order chi connectivity index (χ0) is 16.9. The fraction of sp³-hybridized carbons (Fsp3) is 0.238. The van der Waals surface area contributed by atoms with Crippen LogP contribution in [0, 0.1) is 6.92 Å². The molecule has 3 heteroatoms. The molecule has 0 N–H and O–H groups in total. The van der Waals surface area contributed by atoms with Crippen LogP contribution in [0.3, 0.4) is 0 Å². The second kappa shape index (κ2) is 7.26. The first-order valence-electron chi connectivity index (χ1n) is 8.20. The number of carbonyl (C=O) groups is 1. The second-order valence-corrected chi connectivity index (χ2v) is 5.96. The van der Waals surface area contributed by atoms with Crippen LogP contribution in [0.1, 0.15) is 40.9 Å². The third-order valence-corrected chi connectivity index (χ3v) is 4.27. The molecular formula is C21H21NO2. The van der Waals surface area contributed by atoms with Crippen LogP contribution >= 0.6 is 0 Å². The van der Waals surface area contributed by atoms with Crippen molar-refractivity contribution < 1.29 is 9.53 Å². The molecule has 3 rings (SSSR count). The predicted molar refractivity (Wildman–Crippen MR) is 97.3 cm³/mol. The van der Waals surface area contributed by atoms with Crippen LogP contribution < -0.4 is 0 Å². The van der Waals surface area contributed by atoms with Gasteiger partial charge >= 0.3 is 5.97 Å². The Labute approximate surface area is 142 Å². The van der Waals surface area contributed by atoms with Gasteiger partial charge in [0.2, 0.25) is 0 Å². The third-order valence-electron chi connectivity index (χ3n) is 4.27. The number of hydrogen-bond donors (Lipinski definition) is 0. The van der Waals surface area contributed by atoms with Crippen molar-refractivity contribution >= 4 is 23.7 Å². The molecule has 1 aromatic heterocycles. The Bertz CT molecular complexity index is 804. The van der Waals surface area contributed by atoms with Crippen LogP contribution in [0.4, 0.5) is 0 Å². The largest absolute Gasteiger partial charge is 0.466 e. The van der Waals surface area contributed by atoms with E-state index in [1.165, 1.54) is 29.9 Å². The zero-order valence-electron chi connectivity index (χ0n) is 14.1. The minimum absolute atomic E-state index is 0.350. The summed E-state index contributed by atoms with van der Waals surface area (Å²) in [5.41, 5.74) is 6.73. The number of nitrogens with zero attached hydrogens (tertiary/aromatic N) is 1. The van der Waals surface area contributed by atoms with Crippen molar-refractivity contribution in [2.45, 2.75) is 26.2 Å². The normalized spacial score (nSPS) is 15.5. The van der Waals surface area contributed by atoms with E-state index in [4.69, 9.17) is 4.98 Å². The smallest absolute Gasteiger partial charge is 0.330 e. The van der Waals surface area contributed by atoms with Crippen LogP contribution in [0.2, 0.25) is 0 Å². The minimum atomic E-state index is -0.350. The highest BCUT2D eigenvalue weighted by atomic mass is 16.5. The van der Waals surface area contributed by atoms with E-state index in [-0.39, 0.29) is 5.97 Å². The molecule has 0 fully saturated rings. The van der Waals surface area contributed by atoms with E-state index in [9.17, 15) is 4.79 Å². The van der Waals surface area contributed by atoms with Crippen molar-refractivity contribution in [3.63, 3.8) is 0 Å². The highest BCUT2D eigenvalue weighted by molar-refractivity contribution is 5.87. The lowest BCUT2D eigenvalue weighted by Crippen LogP contribution is -2.07. The molecule has 24 heavy (non-hydrogen) atoms. The van der Waals surface area contributed by atoms with Gasteiger partial charge < -0.3 is 4.74 Å². The van der Waals surface area contributed by atoms with Crippen molar-refractivity contribution in [2.75, 3.05) is 7.11 Å². The Morgan fingerprint density at radius 3 is 2.75 bits per heavy atom. The first-order valence-corrected chi connectivity index (χ1v) is 8.20. The molecule has 1 aromatic carbocycles. The van der Waals surface area contributed by atoms with E-state index >= 15 is 0 Å². The summed E-state index contributed by atoms with van der Waals surface area (Å²) in [5, 5.41) is 0. The van der Waals surface area contributed by atoms with Crippen LogP contribution in [0.25, 0.3) is 17.7 Å². The Kier molecular flexibility index (Phi) is 4.90. The summed E-state index contributed by atoms with van der Waals surface area (Å²) in [6, 6.07) is 12.5. The predicted octanol–water partition coefficient (Wildman–Crippen LogP) is 4.45. The number of aromatic nitrogens is 1. The number of allylic oxidation sites excluding steroid dienone is 1. The standard InChI is InChI=1S/C21H21NO2/c1-15-17(11-12-20(23)24-2)14-19-10-6-9-18(21(19)22-15)13-16-7-4-3-5-8-16/h3-5,7-8,11-14H,6,9-10H2,1-2H3. The van der Waals surface area contributed by atoms with Gasteiger partial charge in [0, 0.05) is 11.8 Å². The van der Waals surface area contributed by atoms with E-state index in [1.54, 1.807) is 6.08 Å². The van der Waals surface area contributed by atoms with Crippen LogP contribution in [0.5, 0.6) is 0 Å². The number of fused-ring (bicyclic) bond motifs is 1. The number of esters is 1. The van der Waals surface area contributed by atoms with Gasteiger partial charge in [-0.15, -0.1) is 0 Å². The molecule has 0 unspecified atom stereocenters. The molecule has 0 radical (unpaired) electrons. The van der Waals surface area contributed by atoms with Gasteiger partial charge in [-0.05, 0) is 66.7 Å². The molecule has 0 aliphatic heterocycles. The Hall–Kier alpha value is -2.68. The lowest BCUT2D eigenvalue weighted by Gasteiger charge is -2.20. The summed E-state index contributed by atoms with van der Waals surface area (Å²) in [5.74, 6) is -0.350. The van der Waals surface area contributed by atoms with Gasteiger partial charge in [-0.2, -0.15) is 0 Å². The Morgan fingerprint density at radius 2 is 2.00 bits per heavy atom. The fourth-order valence-corrected chi connectivity index (χ4v) is 3.01. The number of methoxy groups -OCH3 is 1. The molecule has 1 heterocycles. The Balaban J connectivity index is 1.97. The number of rotatable bonds is 3. The SMILES string of the molecule is COC(=O)C=Cc1cc2c(nc1C)C(=Cc1ccccc1)CCC2. The molecule has 3 nitrogen and oxygen atoms in total. The molecule has 0 amide bonds. The highest BCUT2D eigenvalue weighted by Gasteiger charge is 2.17. The first kappa shape index (κ1) is 16.2. The van der Waals surface area contributed by atoms with Gasteiger partial charge in [-0.3, -0.25) is 4.98 Å². The maximum Gasteiger partial charge on any atom is 0.330 e. The quantitative estimate of drug-likeness (QED) is 0.619. The van der Waals surface area contributed by atoms with Crippen molar-refractivity contribution in [1.82, 2.24) is 4.98 Å². The summed E-state index contributed by atoms with van der Waals surface area (Å²) in [7, 11) is 1.38. The third kappa shape index (κ3) is 3.62. The van der Waals surface area contributed by atoms with E-state index in [0.717, 1.165) is 36.2 Å². The van der Waals surface area contributed by atoms with E-state index in [0.29, 0.717) is 0 Å². The summed E-state index contributed by atoms with van der Waals surface area (Å²) in [6.45, 7) is 1.98. The molecule has 0 bridgehead atoms. The number of aryl methyl sites for hydroxylation is 2. The molecule has 0 saturated heterocycles. The van der Waals surface area contributed by atoms with E-state index in [2.05, 4.69) is 41.1 Å². The van der Waals surface area contributed by atoms with Crippen molar-refractivity contribution in [1.29, 1.82) is 0 Å². The van der Waals surface area contributed by atoms with Gasteiger partial charge in [0.15, 0.2) is 0 Å². The molecule has 0 atom stereocenters. The lowest BCUT2D eigenvalue weighted by molar-refractivity contribution is -0.134. The Morgan fingerprint density at radius 1 is 1.21 bits per heavy atom. The fourth-order valence-electron chi connectivity index (χ4n) is 3.01. The lowest BCUT2D eigenvalue weighted by atomic mass is 9.89. The summed E-state index contributed by atoms with van der Waals surface area (Å²) >= 11 is 0. The minimum Gasteiger partial charge on any atom is -0.466 e. The average Bonchev–Trinajstić information content (AvgIpc) is 2.61. The average molecular weight is 319 g/mol. The molecule has 0 spiro atoms. The maximum absolute atomic E-state index is 11.3. The topological polar surface area (TPSA) is 39.2 Å². The zero-order valence-corrected chi connectivity index (χ0v) is 14.1. The van der Waals surface area contributed by atoms with Gasteiger partial charge in [0.05, 0.1) is 12.8 Å². The van der Waals surface area contributed by atoms with Crippen molar-refractivity contribution in [3.8, 4) is 0 Å². The highest BCUT2D eigenvalue weighted by Crippen LogP contribution is 2.32. The van der Waals surface area contributed by atoms with Crippen molar-refractivity contribution in [2.24, 2.45) is 0 Å². The van der Waals surface area contributed by atoms with E-state index in [1.807, 2.05) is 13.0 Å². The summed E-state index contributed by atoms with van der Waals surface area (Å²) in [4.78, 5) is 16.1. The van der Waals surface area contributed by atoms with Crippen LogP contribution in [0.15, 0.2) is 42.5 Å². The van der Waals surface area contributed by atoms with Crippen LogP contribution in [-0.4, -0.2) is 18.1 Å². The maximum atomic E-state index is 11.3. The van der Waals surface area contributed by atoms with Gasteiger partial charge in [-0.25, -0.2) is 4.79 Å². The first-order chi connectivity index (χ1) is 11.7. The number of benzene rings is 1. The number of carbonyl (C=O) groups excluding carboxylic acids is 1. The number of ether oxygens (including phenoxy) is 1. The summed E-state index contributed by atoms with van der Waals surface area (Å²) in [6.07, 6.45) is 8.65. The molecule has 1 aliphatic carbocycles. The van der Waals surface area contributed by atoms with Crippen LogP contribution in [-0.2, 0) is 16.0 Å². The summed E-state index contributed by atoms with van der Waals surface area (Å²) < 4.78 is 4.65. The van der Waals surface area contributed by atoms with Gasteiger partial charge in [0.25, 0.3) is 0 Å². The molecule has 2 aromatic rings. The van der Waals surface area contributed by atoms with Gasteiger partial charge in [0.1, 0.15) is 0 Å². The van der Waals surface area contributed by atoms with Gasteiger partial charge in [-0.1, -0.05) is 30.3 Å². The molecule has 0 saturated carbocycles. The molecular weight excluding hydrogens is 298 g/mol. The molecule has 1 aliphatic rings. The monoisotopic (exact) mass is 319 g/mol.